The van der Waals surface area contributed by atoms with Gasteiger partial charge in [-0.25, -0.2) is 9.18 Å². The van der Waals surface area contributed by atoms with Crippen molar-refractivity contribution in [3.63, 3.8) is 0 Å². The first-order valence-electron chi connectivity index (χ1n) is 8.07. The van der Waals surface area contributed by atoms with Gasteiger partial charge in [-0.15, -0.1) is 0 Å². The van der Waals surface area contributed by atoms with E-state index < -0.39 is 42.2 Å². The van der Waals surface area contributed by atoms with E-state index in [4.69, 9.17) is 4.74 Å². The molecular weight excluding hydrogens is 355 g/mol. The Kier molecular flexibility index (Phi) is 4.98. The van der Waals surface area contributed by atoms with Crippen molar-refractivity contribution in [2.24, 2.45) is 0 Å². The summed E-state index contributed by atoms with van der Waals surface area (Å²) in [5, 5.41) is 2.43. The summed E-state index contributed by atoms with van der Waals surface area (Å²) >= 11 is 0. The van der Waals surface area contributed by atoms with Crippen LogP contribution in [0.3, 0.4) is 0 Å². The topological polar surface area (TPSA) is 92.8 Å². The van der Waals surface area contributed by atoms with Gasteiger partial charge in [0.05, 0.1) is 11.1 Å². The number of imide groups is 1. The van der Waals surface area contributed by atoms with Gasteiger partial charge in [0.25, 0.3) is 17.7 Å². The average Bonchev–Trinajstić information content (AvgIpc) is 2.92. The van der Waals surface area contributed by atoms with E-state index in [0.29, 0.717) is 5.69 Å². The lowest BCUT2D eigenvalue weighted by Crippen LogP contribution is -2.44. The number of nitrogens with one attached hydrogen (secondary N) is 1. The van der Waals surface area contributed by atoms with E-state index in [0.717, 1.165) is 4.90 Å². The molecule has 0 radical (unpaired) electrons. The van der Waals surface area contributed by atoms with Crippen LogP contribution < -0.4 is 5.32 Å². The Labute approximate surface area is 153 Å². The molecule has 0 spiro atoms. The standard InChI is InChI=1S/C19H15FN2O5/c1-11(22-17(24)14-4-2-3-5-15(14)18(22)25)19(26)27-10-16(23)21-13-8-6-12(20)7-9-13/h2-9,11H,10H2,1H3,(H,21,23)/t11-/m0/s1. The molecule has 0 aromatic heterocycles. The van der Waals surface area contributed by atoms with Gasteiger partial charge in [-0.05, 0) is 43.3 Å². The number of halogens is 1. The molecule has 138 valence electrons. The van der Waals surface area contributed by atoms with E-state index >= 15 is 0 Å². The summed E-state index contributed by atoms with van der Waals surface area (Å²) in [6.07, 6.45) is 0. The van der Waals surface area contributed by atoms with Crippen LogP contribution in [-0.2, 0) is 14.3 Å². The number of nitrogens with zero attached hydrogens (tertiary/aromatic N) is 1. The molecule has 1 N–H and O–H groups in total. The lowest BCUT2D eigenvalue weighted by atomic mass is 10.1. The summed E-state index contributed by atoms with van der Waals surface area (Å²) in [7, 11) is 0. The molecule has 1 atom stereocenters. The Balaban J connectivity index is 1.58. The zero-order valence-electron chi connectivity index (χ0n) is 14.3. The number of benzene rings is 2. The van der Waals surface area contributed by atoms with Crippen LogP contribution in [0.5, 0.6) is 0 Å². The lowest BCUT2D eigenvalue weighted by Gasteiger charge is -2.20. The van der Waals surface area contributed by atoms with Crippen LogP contribution in [0, 0.1) is 5.82 Å². The quantitative estimate of drug-likeness (QED) is 0.642. The monoisotopic (exact) mass is 370 g/mol. The van der Waals surface area contributed by atoms with Gasteiger partial charge in [-0.1, -0.05) is 12.1 Å². The minimum Gasteiger partial charge on any atom is -0.454 e. The number of fused-ring (bicyclic) bond motifs is 1. The summed E-state index contributed by atoms with van der Waals surface area (Å²) < 4.78 is 17.7. The van der Waals surface area contributed by atoms with Crippen molar-refractivity contribution in [1.82, 2.24) is 4.90 Å². The molecule has 3 amide bonds. The summed E-state index contributed by atoms with van der Waals surface area (Å²) in [5.41, 5.74) is 0.776. The second-order valence-corrected chi connectivity index (χ2v) is 5.86. The SMILES string of the molecule is C[C@@H](C(=O)OCC(=O)Nc1ccc(F)cc1)N1C(=O)c2ccccc2C1=O. The summed E-state index contributed by atoms with van der Waals surface area (Å²) in [6, 6.07) is 10.1. The first kappa shape index (κ1) is 18.2. The summed E-state index contributed by atoms with van der Waals surface area (Å²) in [4.78, 5) is 49.5. The van der Waals surface area contributed by atoms with Crippen molar-refractivity contribution in [2.75, 3.05) is 11.9 Å². The zero-order chi connectivity index (χ0) is 19.6. The molecule has 1 heterocycles. The number of rotatable bonds is 5. The van der Waals surface area contributed by atoms with E-state index in [-0.39, 0.29) is 11.1 Å². The molecule has 0 saturated carbocycles. The Morgan fingerprint density at radius 1 is 1.04 bits per heavy atom. The number of carbonyl (C=O) groups excluding carboxylic acids is 4. The van der Waals surface area contributed by atoms with Gasteiger partial charge < -0.3 is 10.1 Å². The first-order valence-corrected chi connectivity index (χ1v) is 8.07. The van der Waals surface area contributed by atoms with E-state index in [2.05, 4.69) is 5.32 Å². The molecular formula is C19H15FN2O5. The molecule has 0 fully saturated rings. The van der Waals surface area contributed by atoms with Crippen LogP contribution in [0.25, 0.3) is 0 Å². The molecule has 2 aromatic carbocycles. The normalized spacial score (nSPS) is 13.9. The number of carbonyl (C=O) groups is 4. The number of hydrogen-bond acceptors (Lipinski definition) is 5. The second-order valence-electron chi connectivity index (χ2n) is 5.86. The van der Waals surface area contributed by atoms with Crippen molar-refractivity contribution < 1.29 is 28.3 Å². The van der Waals surface area contributed by atoms with Crippen molar-refractivity contribution in [1.29, 1.82) is 0 Å². The highest BCUT2D eigenvalue weighted by molar-refractivity contribution is 6.22. The zero-order valence-corrected chi connectivity index (χ0v) is 14.3. The fraction of sp³-hybridized carbons (Fsp3) is 0.158. The molecule has 7 nitrogen and oxygen atoms in total. The molecule has 0 unspecified atom stereocenters. The van der Waals surface area contributed by atoms with Gasteiger partial charge in [0.1, 0.15) is 11.9 Å². The number of ether oxygens (including phenoxy) is 1. The van der Waals surface area contributed by atoms with Crippen molar-refractivity contribution >= 4 is 29.4 Å². The number of anilines is 1. The fourth-order valence-electron chi connectivity index (χ4n) is 2.65. The van der Waals surface area contributed by atoms with Gasteiger partial charge in [-0.2, -0.15) is 0 Å². The first-order chi connectivity index (χ1) is 12.9. The highest BCUT2D eigenvalue weighted by atomic mass is 19.1. The van der Waals surface area contributed by atoms with E-state index in [1.807, 2.05) is 0 Å². The predicted molar refractivity (Wildman–Crippen MR) is 92.4 cm³/mol. The van der Waals surface area contributed by atoms with E-state index in [9.17, 15) is 23.6 Å². The predicted octanol–water partition coefficient (Wildman–Crippen LogP) is 1.99. The fourth-order valence-corrected chi connectivity index (χ4v) is 2.65. The maximum atomic E-state index is 12.8. The summed E-state index contributed by atoms with van der Waals surface area (Å²) in [6.45, 7) is 0.742. The molecule has 8 heteroatoms. The van der Waals surface area contributed by atoms with Crippen LogP contribution in [0.4, 0.5) is 10.1 Å². The third-order valence-corrected chi connectivity index (χ3v) is 4.03. The largest absolute Gasteiger partial charge is 0.454 e. The van der Waals surface area contributed by atoms with Gasteiger partial charge in [0, 0.05) is 5.69 Å². The highest BCUT2D eigenvalue weighted by Crippen LogP contribution is 2.24. The van der Waals surface area contributed by atoms with E-state index in [1.165, 1.54) is 43.3 Å². The van der Waals surface area contributed by atoms with E-state index in [1.54, 1.807) is 12.1 Å². The minimum absolute atomic E-state index is 0.219. The average molecular weight is 370 g/mol. The van der Waals surface area contributed by atoms with Crippen LogP contribution in [-0.4, -0.2) is 41.2 Å². The number of hydrogen-bond donors (Lipinski definition) is 1. The van der Waals surface area contributed by atoms with Crippen LogP contribution in [0.1, 0.15) is 27.6 Å². The van der Waals surface area contributed by atoms with Gasteiger partial charge >= 0.3 is 5.97 Å². The van der Waals surface area contributed by atoms with Gasteiger partial charge in [-0.3, -0.25) is 19.3 Å². The number of amides is 3. The third kappa shape index (κ3) is 3.69. The molecule has 1 aliphatic heterocycles. The minimum atomic E-state index is -1.18. The Hall–Kier alpha value is -3.55. The maximum Gasteiger partial charge on any atom is 0.329 e. The molecule has 3 rings (SSSR count). The maximum absolute atomic E-state index is 12.8. The Morgan fingerprint density at radius 3 is 2.15 bits per heavy atom. The highest BCUT2D eigenvalue weighted by Gasteiger charge is 2.41. The third-order valence-electron chi connectivity index (χ3n) is 4.03. The van der Waals surface area contributed by atoms with Gasteiger partial charge in [0.15, 0.2) is 6.61 Å². The van der Waals surface area contributed by atoms with Crippen LogP contribution >= 0.6 is 0 Å². The molecule has 2 aromatic rings. The van der Waals surface area contributed by atoms with Crippen LogP contribution in [0.15, 0.2) is 48.5 Å². The lowest BCUT2D eigenvalue weighted by molar-refractivity contribution is -0.150. The molecule has 0 bridgehead atoms. The summed E-state index contributed by atoms with van der Waals surface area (Å²) in [5.74, 6) is -3.15. The van der Waals surface area contributed by atoms with Crippen molar-refractivity contribution in [3.05, 3.63) is 65.5 Å². The number of esters is 1. The van der Waals surface area contributed by atoms with Gasteiger partial charge in [0.2, 0.25) is 0 Å². The van der Waals surface area contributed by atoms with Crippen molar-refractivity contribution in [2.45, 2.75) is 13.0 Å². The molecule has 0 saturated heterocycles. The van der Waals surface area contributed by atoms with Crippen molar-refractivity contribution in [3.8, 4) is 0 Å². The molecule has 27 heavy (non-hydrogen) atoms. The molecule has 0 aliphatic carbocycles. The second kappa shape index (κ2) is 7.36. The Morgan fingerprint density at radius 2 is 1.59 bits per heavy atom. The van der Waals surface area contributed by atoms with Crippen LogP contribution in [0.2, 0.25) is 0 Å². The smallest absolute Gasteiger partial charge is 0.329 e. The Bertz CT molecular complexity index is 891. The molecule has 1 aliphatic rings.